The van der Waals surface area contributed by atoms with E-state index < -0.39 is 0 Å². The van der Waals surface area contributed by atoms with Crippen molar-refractivity contribution in [3.05, 3.63) is 83.8 Å². The Kier molecular flexibility index (Phi) is 5.17. The number of carbonyl (C=O) groups excluding carboxylic acids is 2. The zero-order valence-electron chi connectivity index (χ0n) is 16.5. The summed E-state index contributed by atoms with van der Waals surface area (Å²) in [6.07, 6.45) is 1.72. The Morgan fingerprint density at radius 3 is 2.47 bits per heavy atom. The lowest BCUT2D eigenvalue weighted by atomic mass is 10.1. The number of para-hydroxylation sites is 1. The van der Waals surface area contributed by atoms with E-state index in [2.05, 4.69) is 25.6 Å². The van der Waals surface area contributed by atoms with Crippen LogP contribution < -0.4 is 10.6 Å². The van der Waals surface area contributed by atoms with Crippen molar-refractivity contribution in [3.63, 3.8) is 0 Å². The van der Waals surface area contributed by atoms with Crippen LogP contribution in [0.3, 0.4) is 0 Å². The lowest BCUT2D eigenvalue weighted by Crippen LogP contribution is -2.15. The number of amides is 1. The molecule has 1 amide bonds. The van der Waals surface area contributed by atoms with Crippen LogP contribution in [-0.2, 0) is 0 Å². The van der Waals surface area contributed by atoms with E-state index in [-0.39, 0.29) is 17.4 Å². The Balaban J connectivity index is 1.58. The van der Waals surface area contributed by atoms with Gasteiger partial charge in [0.05, 0.1) is 11.2 Å². The molecule has 2 heterocycles. The fourth-order valence-corrected chi connectivity index (χ4v) is 3.05. The molecule has 2 aromatic heterocycles. The number of hydrogen-bond donors (Lipinski definition) is 2. The summed E-state index contributed by atoms with van der Waals surface area (Å²) in [5.41, 5.74) is 3.59. The number of ketones is 1. The van der Waals surface area contributed by atoms with Crippen molar-refractivity contribution in [2.45, 2.75) is 13.8 Å². The number of pyridine rings is 1. The smallest absolute Gasteiger partial charge is 0.274 e. The summed E-state index contributed by atoms with van der Waals surface area (Å²) >= 11 is 0. The van der Waals surface area contributed by atoms with Crippen LogP contribution in [-0.4, -0.2) is 26.6 Å². The van der Waals surface area contributed by atoms with E-state index in [1.54, 1.807) is 43.5 Å². The highest BCUT2D eigenvalue weighted by Gasteiger charge is 2.12. The molecule has 0 spiro atoms. The Hall–Kier alpha value is -4.13. The summed E-state index contributed by atoms with van der Waals surface area (Å²) in [5.74, 6) is -0.0849. The molecular weight excluding hydrogens is 378 g/mol. The third-order valence-electron chi connectivity index (χ3n) is 4.52. The van der Waals surface area contributed by atoms with Gasteiger partial charge in [0.15, 0.2) is 5.78 Å². The van der Waals surface area contributed by atoms with Gasteiger partial charge in [-0.1, -0.05) is 18.2 Å². The predicted octanol–water partition coefficient (Wildman–Crippen LogP) is 4.53. The molecule has 4 aromatic rings. The monoisotopic (exact) mass is 397 g/mol. The van der Waals surface area contributed by atoms with E-state index in [1.165, 1.54) is 6.92 Å². The van der Waals surface area contributed by atoms with Crippen molar-refractivity contribution in [2.75, 3.05) is 10.6 Å². The van der Waals surface area contributed by atoms with Crippen molar-refractivity contribution >= 4 is 39.9 Å². The van der Waals surface area contributed by atoms with Gasteiger partial charge in [-0.15, -0.1) is 0 Å². The summed E-state index contributed by atoms with van der Waals surface area (Å²) in [7, 11) is 0. The van der Waals surface area contributed by atoms with Crippen LogP contribution in [0.5, 0.6) is 0 Å². The predicted molar refractivity (Wildman–Crippen MR) is 116 cm³/mol. The fourth-order valence-electron chi connectivity index (χ4n) is 3.05. The molecule has 0 saturated heterocycles. The molecule has 0 aliphatic heterocycles. The molecule has 0 atom stereocenters. The second-order valence-corrected chi connectivity index (χ2v) is 6.81. The SMILES string of the molecule is CC(=O)c1ccc(NC(=O)c2cc(C)nc(Nc3cccc4cccnc34)n2)cc1. The summed E-state index contributed by atoms with van der Waals surface area (Å²) in [6, 6.07) is 18.0. The van der Waals surface area contributed by atoms with Crippen LogP contribution in [0.15, 0.2) is 66.9 Å². The number of Topliss-reactive ketones (excluding diaryl/α,β-unsaturated/α-hetero) is 1. The largest absolute Gasteiger partial charge is 0.322 e. The zero-order chi connectivity index (χ0) is 21.1. The number of rotatable bonds is 5. The van der Waals surface area contributed by atoms with E-state index in [0.29, 0.717) is 22.9 Å². The number of anilines is 3. The number of hydrogen-bond acceptors (Lipinski definition) is 6. The summed E-state index contributed by atoms with van der Waals surface area (Å²) in [4.78, 5) is 37.2. The van der Waals surface area contributed by atoms with Crippen LogP contribution >= 0.6 is 0 Å². The van der Waals surface area contributed by atoms with Gasteiger partial charge in [-0.05, 0) is 56.3 Å². The van der Waals surface area contributed by atoms with E-state index >= 15 is 0 Å². The third kappa shape index (κ3) is 4.15. The molecular formula is C23H19N5O2. The molecule has 4 rings (SSSR count). The summed E-state index contributed by atoms with van der Waals surface area (Å²) in [5, 5.41) is 6.94. The first-order valence-electron chi connectivity index (χ1n) is 9.38. The van der Waals surface area contributed by atoms with Gasteiger partial charge >= 0.3 is 0 Å². The maximum absolute atomic E-state index is 12.7. The van der Waals surface area contributed by atoms with Gasteiger partial charge < -0.3 is 10.6 Å². The van der Waals surface area contributed by atoms with E-state index in [9.17, 15) is 9.59 Å². The minimum atomic E-state index is -0.366. The summed E-state index contributed by atoms with van der Waals surface area (Å²) < 4.78 is 0. The standard InChI is InChI=1S/C23H19N5O2/c1-14-13-20(22(30)26-18-10-8-16(9-11-18)15(2)29)28-23(25-14)27-19-7-3-5-17-6-4-12-24-21(17)19/h3-13H,1-2H3,(H,26,30)(H,25,27,28). The number of carbonyl (C=O) groups is 2. The van der Waals surface area contributed by atoms with Crippen LogP contribution in [0.4, 0.5) is 17.3 Å². The van der Waals surface area contributed by atoms with Gasteiger partial charge in [0.1, 0.15) is 5.69 Å². The molecule has 7 nitrogen and oxygen atoms in total. The molecule has 0 saturated carbocycles. The first-order chi connectivity index (χ1) is 14.5. The Morgan fingerprint density at radius 2 is 1.70 bits per heavy atom. The average Bonchev–Trinajstić information content (AvgIpc) is 2.74. The first kappa shape index (κ1) is 19.2. The number of nitrogens with one attached hydrogen (secondary N) is 2. The van der Waals surface area contributed by atoms with Crippen molar-refractivity contribution in [3.8, 4) is 0 Å². The first-order valence-corrected chi connectivity index (χ1v) is 9.38. The van der Waals surface area contributed by atoms with Crippen molar-refractivity contribution in [1.29, 1.82) is 0 Å². The number of aryl methyl sites for hydroxylation is 1. The van der Waals surface area contributed by atoms with Crippen molar-refractivity contribution in [1.82, 2.24) is 15.0 Å². The lowest BCUT2D eigenvalue weighted by molar-refractivity contribution is 0.101. The molecule has 148 valence electrons. The molecule has 2 N–H and O–H groups in total. The van der Waals surface area contributed by atoms with Crippen LogP contribution in [0.1, 0.15) is 33.5 Å². The van der Waals surface area contributed by atoms with Crippen LogP contribution in [0.2, 0.25) is 0 Å². The zero-order valence-corrected chi connectivity index (χ0v) is 16.5. The Bertz CT molecular complexity index is 1250. The number of aromatic nitrogens is 3. The van der Waals surface area contributed by atoms with E-state index in [0.717, 1.165) is 16.6 Å². The second-order valence-electron chi connectivity index (χ2n) is 6.81. The van der Waals surface area contributed by atoms with Gasteiger partial charge in [-0.2, -0.15) is 0 Å². The molecule has 30 heavy (non-hydrogen) atoms. The minimum absolute atomic E-state index is 0.0297. The highest BCUT2D eigenvalue weighted by atomic mass is 16.2. The van der Waals surface area contributed by atoms with Crippen LogP contribution in [0, 0.1) is 6.92 Å². The highest BCUT2D eigenvalue weighted by molar-refractivity contribution is 6.03. The maximum Gasteiger partial charge on any atom is 0.274 e. The lowest BCUT2D eigenvalue weighted by Gasteiger charge is -2.10. The average molecular weight is 397 g/mol. The van der Waals surface area contributed by atoms with Gasteiger partial charge in [0.2, 0.25) is 5.95 Å². The number of nitrogens with zero attached hydrogens (tertiary/aromatic N) is 3. The third-order valence-corrected chi connectivity index (χ3v) is 4.52. The second kappa shape index (κ2) is 8.08. The normalized spacial score (nSPS) is 10.6. The molecule has 0 unspecified atom stereocenters. The fraction of sp³-hybridized carbons (Fsp3) is 0.0870. The van der Waals surface area contributed by atoms with E-state index in [1.807, 2.05) is 30.3 Å². The maximum atomic E-state index is 12.7. The molecule has 2 aromatic carbocycles. The van der Waals surface area contributed by atoms with Crippen LogP contribution in [0.25, 0.3) is 10.9 Å². The molecule has 0 bridgehead atoms. The quantitative estimate of drug-likeness (QED) is 0.480. The van der Waals surface area contributed by atoms with E-state index in [4.69, 9.17) is 0 Å². The molecule has 0 fully saturated rings. The number of fused-ring (bicyclic) bond motifs is 1. The molecule has 0 aliphatic rings. The van der Waals surface area contributed by atoms with Gasteiger partial charge in [0, 0.05) is 28.5 Å². The topological polar surface area (TPSA) is 96.9 Å². The summed E-state index contributed by atoms with van der Waals surface area (Å²) in [6.45, 7) is 3.30. The molecule has 7 heteroatoms. The Labute approximate surface area is 173 Å². The van der Waals surface area contributed by atoms with Crippen molar-refractivity contribution in [2.24, 2.45) is 0 Å². The molecule has 0 aliphatic carbocycles. The van der Waals surface area contributed by atoms with Crippen molar-refractivity contribution < 1.29 is 9.59 Å². The Morgan fingerprint density at radius 1 is 0.933 bits per heavy atom. The van der Waals surface area contributed by atoms with Gasteiger partial charge in [-0.3, -0.25) is 14.6 Å². The van der Waals surface area contributed by atoms with Gasteiger partial charge in [0.25, 0.3) is 5.91 Å². The minimum Gasteiger partial charge on any atom is -0.322 e. The van der Waals surface area contributed by atoms with Gasteiger partial charge in [-0.25, -0.2) is 9.97 Å². The number of benzene rings is 2. The highest BCUT2D eigenvalue weighted by Crippen LogP contribution is 2.23. The molecule has 0 radical (unpaired) electrons.